The average Bonchev–Trinajstić information content (AvgIpc) is 2.47. The second-order valence-corrected chi connectivity index (χ2v) is 3.24. The fourth-order valence-corrected chi connectivity index (χ4v) is 1.56. The molecule has 0 aromatic carbocycles. The van der Waals surface area contributed by atoms with Crippen LogP contribution in [0, 0.1) is 12.1 Å². The Morgan fingerprint density at radius 3 is 2.93 bits per heavy atom. The predicted octanol–water partition coefficient (Wildman–Crippen LogP) is 0.546. The zero-order valence-electron chi connectivity index (χ0n) is 7.58. The highest BCUT2D eigenvalue weighted by molar-refractivity contribution is 6.05. The summed E-state index contributed by atoms with van der Waals surface area (Å²) in [5.74, 6) is 0. The van der Waals surface area contributed by atoms with Crippen LogP contribution >= 0.6 is 0 Å². The number of aliphatic hydroxyl groups is 1. The molecular weight excluding hydrogens is 184 g/mol. The molecule has 0 bridgehead atoms. The van der Waals surface area contributed by atoms with Gasteiger partial charge < -0.3 is 14.9 Å². The van der Waals surface area contributed by atoms with Gasteiger partial charge in [0.1, 0.15) is 5.69 Å². The lowest BCUT2D eigenvalue weighted by Crippen LogP contribution is -2.22. The highest BCUT2D eigenvalue weighted by Gasteiger charge is 2.23. The van der Waals surface area contributed by atoms with E-state index in [0.29, 0.717) is 5.69 Å². The first-order valence-corrected chi connectivity index (χ1v) is 4.18. The molecule has 5 nitrogen and oxygen atoms in total. The summed E-state index contributed by atoms with van der Waals surface area (Å²) in [5, 5.41) is 29.1. The third-order valence-electron chi connectivity index (χ3n) is 2.17. The Morgan fingerprint density at radius 2 is 2.29 bits per heavy atom. The first-order chi connectivity index (χ1) is 6.59. The third kappa shape index (κ3) is 1.18. The number of allylic oxidation sites excluding steroid dienone is 1. The molecule has 2 heterocycles. The molecular formula is C9H10N2O3. The molecule has 0 saturated heterocycles. The minimum Gasteiger partial charge on any atom is -0.417 e. The van der Waals surface area contributed by atoms with E-state index in [2.05, 4.69) is 0 Å². The number of aryl methyl sites for hydroxylation is 1. The molecule has 14 heavy (non-hydrogen) atoms. The molecule has 1 aromatic rings. The van der Waals surface area contributed by atoms with Crippen LogP contribution in [0.2, 0.25) is 0 Å². The SMILES string of the molecule is Cc1cc2n(c1)C(O)C=C/C2=[N+](\[O-])O. The van der Waals surface area contributed by atoms with E-state index in [1.807, 2.05) is 6.92 Å². The number of rotatable bonds is 0. The maximum atomic E-state index is 10.8. The van der Waals surface area contributed by atoms with Crippen LogP contribution in [0.4, 0.5) is 0 Å². The molecule has 0 aliphatic carbocycles. The van der Waals surface area contributed by atoms with E-state index in [1.165, 1.54) is 16.7 Å². The van der Waals surface area contributed by atoms with Gasteiger partial charge in [-0.2, -0.15) is 0 Å². The van der Waals surface area contributed by atoms with Crippen LogP contribution < -0.4 is 0 Å². The molecule has 74 valence electrons. The minimum absolute atomic E-state index is 0.128. The molecule has 0 fully saturated rings. The lowest BCUT2D eigenvalue weighted by atomic mass is 10.2. The van der Waals surface area contributed by atoms with Gasteiger partial charge in [0, 0.05) is 17.2 Å². The summed E-state index contributed by atoms with van der Waals surface area (Å²) in [7, 11) is 0. The Balaban J connectivity index is 2.64. The molecule has 2 N–H and O–H groups in total. The minimum atomic E-state index is -0.776. The summed E-state index contributed by atoms with van der Waals surface area (Å²) in [5.41, 5.74) is 1.56. The zero-order chi connectivity index (χ0) is 10.3. The Kier molecular flexibility index (Phi) is 1.82. The van der Waals surface area contributed by atoms with Crippen molar-refractivity contribution in [2.24, 2.45) is 0 Å². The Labute approximate surface area is 80.4 Å². The summed E-state index contributed by atoms with van der Waals surface area (Å²) in [6, 6.07) is 1.73. The summed E-state index contributed by atoms with van der Waals surface area (Å²) < 4.78 is 1.52. The Hall–Kier alpha value is -1.75. The van der Waals surface area contributed by atoms with E-state index in [0.717, 1.165) is 5.56 Å². The first-order valence-electron chi connectivity index (χ1n) is 4.18. The Morgan fingerprint density at radius 1 is 1.57 bits per heavy atom. The van der Waals surface area contributed by atoms with Gasteiger partial charge in [-0.15, -0.1) is 0 Å². The van der Waals surface area contributed by atoms with E-state index in [9.17, 15) is 10.3 Å². The number of aromatic nitrogens is 1. The number of aliphatic hydroxyl groups excluding tert-OH is 1. The molecule has 2 rings (SSSR count). The Bertz CT molecular complexity index is 427. The molecule has 1 atom stereocenters. The van der Waals surface area contributed by atoms with Crippen LogP contribution in [0.3, 0.4) is 0 Å². The third-order valence-corrected chi connectivity index (χ3v) is 2.17. The lowest BCUT2D eigenvalue weighted by Gasteiger charge is -2.14. The molecule has 0 amide bonds. The van der Waals surface area contributed by atoms with Crippen LogP contribution in [0.15, 0.2) is 24.4 Å². The zero-order valence-corrected chi connectivity index (χ0v) is 7.58. The number of hydrogen-bond acceptors (Lipinski definition) is 3. The van der Waals surface area contributed by atoms with E-state index in [1.54, 1.807) is 12.3 Å². The molecule has 1 unspecified atom stereocenters. The van der Waals surface area contributed by atoms with Crippen molar-refractivity contribution in [3.8, 4) is 0 Å². The van der Waals surface area contributed by atoms with Crippen molar-refractivity contribution in [3.63, 3.8) is 0 Å². The fraction of sp³-hybridized carbons (Fsp3) is 0.222. The van der Waals surface area contributed by atoms with Gasteiger partial charge in [0.05, 0.1) is 0 Å². The average molecular weight is 194 g/mol. The van der Waals surface area contributed by atoms with Gasteiger partial charge in [-0.05, 0) is 24.6 Å². The quantitative estimate of drug-likeness (QED) is 0.360. The van der Waals surface area contributed by atoms with Crippen LogP contribution in [0.1, 0.15) is 17.5 Å². The van der Waals surface area contributed by atoms with Crippen LogP contribution in [-0.2, 0) is 0 Å². The van der Waals surface area contributed by atoms with Crippen molar-refractivity contribution in [1.29, 1.82) is 0 Å². The predicted molar refractivity (Wildman–Crippen MR) is 49.1 cm³/mol. The maximum Gasteiger partial charge on any atom is 0.291 e. The maximum absolute atomic E-state index is 10.8. The monoisotopic (exact) mass is 194 g/mol. The van der Waals surface area contributed by atoms with Crippen LogP contribution in [-0.4, -0.2) is 25.5 Å². The largest absolute Gasteiger partial charge is 0.417 e. The highest BCUT2D eigenvalue weighted by Crippen LogP contribution is 2.19. The number of fused-ring (bicyclic) bond motifs is 1. The molecule has 1 aliphatic rings. The summed E-state index contributed by atoms with van der Waals surface area (Å²) in [6.45, 7) is 1.85. The molecule has 0 saturated carbocycles. The smallest absolute Gasteiger partial charge is 0.291 e. The first kappa shape index (κ1) is 8.83. The number of nitrogens with zero attached hydrogens (tertiary/aromatic N) is 2. The van der Waals surface area contributed by atoms with Crippen molar-refractivity contribution >= 4 is 5.71 Å². The van der Waals surface area contributed by atoms with E-state index in [-0.39, 0.29) is 10.6 Å². The van der Waals surface area contributed by atoms with Crippen molar-refractivity contribution in [1.82, 2.24) is 4.57 Å². The fourth-order valence-electron chi connectivity index (χ4n) is 1.56. The van der Waals surface area contributed by atoms with Crippen LogP contribution in [0.25, 0.3) is 0 Å². The van der Waals surface area contributed by atoms with Crippen molar-refractivity contribution < 1.29 is 15.2 Å². The molecule has 5 heteroatoms. The second kappa shape index (κ2) is 2.88. The van der Waals surface area contributed by atoms with Gasteiger partial charge in [0.15, 0.2) is 6.23 Å². The molecule has 1 aromatic heterocycles. The standard InChI is InChI=1S/C9H10N2O3/c1-6-4-8-7(11(13)14)2-3-9(12)10(8)5-6/h2-5,9,12H,1H3,(H,13,14). The summed E-state index contributed by atoms with van der Waals surface area (Å²) in [4.78, 5) is -0.201. The number of hydrogen-bond donors (Lipinski definition) is 2. The summed E-state index contributed by atoms with van der Waals surface area (Å²) in [6.07, 6.45) is 3.77. The van der Waals surface area contributed by atoms with Crippen molar-refractivity contribution in [3.05, 3.63) is 40.9 Å². The molecule has 0 spiro atoms. The normalized spacial score (nSPS) is 23.4. The van der Waals surface area contributed by atoms with E-state index in [4.69, 9.17) is 5.21 Å². The second-order valence-electron chi connectivity index (χ2n) is 3.24. The molecule has 0 radical (unpaired) electrons. The highest BCUT2D eigenvalue weighted by atomic mass is 16.8. The van der Waals surface area contributed by atoms with E-state index < -0.39 is 6.23 Å². The summed E-state index contributed by atoms with van der Waals surface area (Å²) >= 11 is 0. The van der Waals surface area contributed by atoms with Crippen LogP contribution in [0.5, 0.6) is 0 Å². The van der Waals surface area contributed by atoms with Gasteiger partial charge in [0.2, 0.25) is 0 Å². The van der Waals surface area contributed by atoms with Gasteiger partial charge in [-0.25, -0.2) is 0 Å². The van der Waals surface area contributed by atoms with Gasteiger partial charge in [-0.1, -0.05) is 0 Å². The topological polar surface area (TPSA) is 71.5 Å². The van der Waals surface area contributed by atoms with Crippen molar-refractivity contribution in [2.45, 2.75) is 13.2 Å². The van der Waals surface area contributed by atoms with Gasteiger partial charge in [0.25, 0.3) is 5.71 Å². The van der Waals surface area contributed by atoms with Gasteiger partial charge in [-0.3, -0.25) is 5.21 Å². The van der Waals surface area contributed by atoms with E-state index >= 15 is 0 Å². The lowest BCUT2D eigenvalue weighted by molar-refractivity contribution is -0.725. The molecule has 1 aliphatic heterocycles. The van der Waals surface area contributed by atoms with Gasteiger partial charge >= 0.3 is 0 Å². The van der Waals surface area contributed by atoms with Crippen molar-refractivity contribution in [2.75, 3.05) is 0 Å².